The lowest BCUT2D eigenvalue weighted by atomic mass is 9.70. The molecule has 2 aliphatic heterocycles. The number of allylic oxidation sites excluding steroid dienone is 3. The summed E-state index contributed by atoms with van der Waals surface area (Å²) < 4.78 is 61.0. The highest BCUT2D eigenvalue weighted by molar-refractivity contribution is 6.32. The average Bonchev–Trinajstić information content (AvgIpc) is 3.78. The number of carbonyl (C=O) groups is 2. The summed E-state index contributed by atoms with van der Waals surface area (Å²) in [5.41, 5.74) is 0.365. The predicted octanol–water partition coefficient (Wildman–Crippen LogP) is 6.45. The highest BCUT2D eigenvalue weighted by Crippen LogP contribution is 2.44. The quantitative estimate of drug-likeness (QED) is 0.248. The van der Waals surface area contributed by atoms with E-state index in [9.17, 15) is 27.2 Å². The molecule has 2 saturated heterocycles. The zero-order valence-electron chi connectivity index (χ0n) is 26.9. The van der Waals surface area contributed by atoms with E-state index in [0.29, 0.717) is 44.9 Å². The van der Waals surface area contributed by atoms with Gasteiger partial charge in [-0.15, -0.1) is 0 Å². The molecule has 2 fully saturated rings. The monoisotopic (exact) mass is 702 g/mol. The standard InChI is InChI=1S/C33H35ClF4N8O3/c1-31(2,3)17-33(23-8-5-20(6-9-23)22-14-41-45(15-22)28(35)36)27(47)46(29(39)42-33)26(16-49-30(48)43-18-32(37,38)19-43)21-7-10-24(34)25(13-21)44-12-4-11-40-44/h4-8,10-15,23,26,28H,9,16-19H2,1-3H3,(H2,39,42)/t23?,26-,33-/m1/s1. The summed E-state index contributed by atoms with van der Waals surface area (Å²) >= 11 is 6.51. The molecule has 2 amide bonds. The van der Waals surface area contributed by atoms with Crippen LogP contribution in [0.4, 0.5) is 22.4 Å². The molecule has 2 N–H and O–H groups in total. The molecule has 3 aromatic rings. The molecule has 16 heteroatoms. The number of guanidine groups is 1. The molecule has 0 saturated carbocycles. The SMILES string of the molecule is CC(C)(C)C[C@]1(C2C=CC(c3cnn(C(F)F)c3)=CC2)NC(=N)N([C@H](COC(=O)N2CC(F)(F)C2)c2ccc(Cl)c(-n3cccn3)c2)C1=O. The van der Waals surface area contributed by atoms with Crippen molar-refractivity contribution in [1.29, 1.82) is 5.41 Å². The van der Waals surface area contributed by atoms with Crippen LogP contribution in [0.3, 0.4) is 0 Å². The molecule has 0 bridgehead atoms. The molecule has 4 heterocycles. The summed E-state index contributed by atoms with van der Waals surface area (Å²) in [5, 5.41) is 20.6. The van der Waals surface area contributed by atoms with Crippen molar-refractivity contribution in [2.45, 2.75) is 57.7 Å². The second-order valence-electron chi connectivity index (χ2n) is 13.7. The van der Waals surface area contributed by atoms with Crippen molar-refractivity contribution in [2.24, 2.45) is 11.3 Å². The van der Waals surface area contributed by atoms with Gasteiger partial charge in [0.15, 0.2) is 5.96 Å². The molecule has 11 nitrogen and oxygen atoms in total. The minimum absolute atomic E-state index is 0.234. The molecular formula is C33H35ClF4N8O3. The number of ether oxygens (including phenoxy) is 1. The average molecular weight is 703 g/mol. The van der Waals surface area contributed by atoms with Gasteiger partial charge in [0, 0.05) is 30.1 Å². The molecule has 49 heavy (non-hydrogen) atoms. The van der Waals surface area contributed by atoms with Crippen LogP contribution >= 0.6 is 11.6 Å². The Morgan fingerprint density at radius 1 is 1.22 bits per heavy atom. The van der Waals surface area contributed by atoms with E-state index in [0.717, 1.165) is 4.90 Å². The summed E-state index contributed by atoms with van der Waals surface area (Å²) in [7, 11) is 0. The molecule has 3 atom stereocenters. The smallest absolute Gasteiger partial charge is 0.410 e. The fourth-order valence-corrected chi connectivity index (χ4v) is 6.80. The van der Waals surface area contributed by atoms with E-state index in [1.165, 1.54) is 22.0 Å². The Morgan fingerprint density at radius 3 is 2.57 bits per heavy atom. The molecule has 2 aromatic heterocycles. The lowest BCUT2D eigenvalue weighted by Crippen LogP contribution is -2.58. The van der Waals surface area contributed by atoms with Crippen molar-refractivity contribution in [2.75, 3.05) is 19.7 Å². The van der Waals surface area contributed by atoms with Gasteiger partial charge in [-0.05, 0) is 47.6 Å². The Bertz CT molecular complexity index is 1810. The molecule has 6 rings (SSSR count). The van der Waals surface area contributed by atoms with Crippen molar-refractivity contribution < 1.29 is 31.9 Å². The normalized spacial score (nSPS) is 22.6. The van der Waals surface area contributed by atoms with Crippen LogP contribution in [0.15, 0.2) is 67.3 Å². The number of aromatic nitrogens is 4. The number of hydrogen-bond acceptors (Lipinski definition) is 6. The van der Waals surface area contributed by atoms with Crippen LogP contribution in [0, 0.1) is 16.7 Å². The maximum atomic E-state index is 14.8. The van der Waals surface area contributed by atoms with Crippen molar-refractivity contribution in [3.63, 3.8) is 0 Å². The number of hydrogen-bond donors (Lipinski definition) is 2. The number of alkyl halides is 4. The number of rotatable bonds is 9. The van der Waals surface area contributed by atoms with Crippen molar-refractivity contribution in [3.8, 4) is 5.69 Å². The number of amides is 2. The van der Waals surface area contributed by atoms with E-state index in [1.807, 2.05) is 32.9 Å². The Kier molecular flexibility index (Phi) is 8.84. The van der Waals surface area contributed by atoms with Gasteiger partial charge in [-0.3, -0.25) is 20.0 Å². The topological polar surface area (TPSA) is 121 Å². The van der Waals surface area contributed by atoms with Gasteiger partial charge in [0.1, 0.15) is 12.1 Å². The van der Waals surface area contributed by atoms with Crippen molar-refractivity contribution >= 4 is 35.1 Å². The minimum Gasteiger partial charge on any atom is -0.447 e. The first kappa shape index (κ1) is 34.2. The first-order valence-corrected chi connectivity index (χ1v) is 16.0. The summed E-state index contributed by atoms with van der Waals surface area (Å²) in [5.74, 6) is -4.14. The number of halogens is 5. The second-order valence-corrected chi connectivity index (χ2v) is 14.1. The maximum absolute atomic E-state index is 14.8. The summed E-state index contributed by atoms with van der Waals surface area (Å²) in [6, 6.07) is 5.57. The first-order valence-electron chi connectivity index (χ1n) is 15.6. The number of nitrogens with zero attached hydrogens (tertiary/aromatic N) is 6. The minimum atomic E-state index is -3.00. The van der Waals surface area contributed by atoms with Gasteiger partial charge in [0.05, 0.1) is 36.0 Å². The second kappa shape index (κ2) is 12.7. The van der Waals surface area contributed by atoms with Crippen LogP contribution in [-0.2, 0) is 9.53 Å². The third-order valence-electron chi connectivity index (χ3n) is 8.74. The van der Waals surface area contributed by atoms with Crippen LogP contribution < -0.4 is 5.32 Å². The van der Waals surface area contributed by atoms with E-state index in [-0.39, 0.29) is 5.96 Å². The van der Waals surface area contributed by atoms with Gasteiger partial charge in [0.2, 0.25) is 0 Å². The van der Waals surface area contributed by atoms with Crippen molar-refractivity contribution in [1.82, 2.24) is 34.7 Å². The largest absolute Gasteiger partial charge is 0.447 e. The molecule has 1 unspecified atom stereocenters. The Hall–Kier alpha value is -4.66. The van der Waals surface area contributed by atoms with Crippen LogP contribution in [0.25, 0.3) is 11.3 Å². The molecule has 1 aliphatic carbocycles. The molecule has 3 aliphatic rings. The van der Waals surface area contributed by atoms with Crippen LogP contribution in [0.2, 0.25) is 5.02 Å². The highest BCUT2D eigenvalue weighted by Gasteiger charge is 2.57. The molecule has 0 radical (unpaired) electrons. The molecule has 1 aromatic carbocycles. The van der Waals surface area contributed by atoms with Crippen molar-refractivity contribution in [3.05, 3.63) is 83.4 Å². The van der Waals surface area contributed by atoms with Gasteiger partial charge >= 0.3 is 12.6 Å². The third-order valence-corrected chi connectivity index (χ3v) is 9.06. The van der Waals surface area contributed by atoms with Crippen LogP contribution in [0.1, 0.15) is 57.3 Å². The Morgan fingerprint density at radius 2 is 1.98 bits per heavy atom. The van der Waals surface area contributed by atoms with Gasteiger partial charge in [-0.25, -0.2) is 22.9 Å². The fourth-order valence-electron chi connectivity index (χ4n) is 6.60. The zero-order chi connectivity index (χ0) is 35.3. The summed E-state index contributed by atoms with van der Waals surface area (Å²) in [6.07, 6.45) is 11.0. The number of benzene rings is 1. The van der Waals surface area contributed by atoms with Gasteiger partial charge in [0.25, 0.3) is 11.8 Å². The predicted molar refractivity (Wildman–Crippen MR) is 172 cm³/mol. The number of nitrogens with one attached hydrogen (secondary N) is 2. The Labute approximate surface area is 284 Å². The summed E-state index contributed by atoms with van der Waals surface area (Å²) in [4.78, 5) is 29.7. The zero-order valence-corrected chi connectivity index (χ0v) is 27.7. The van der Waals surface area contributed by atoms with Crippen LogP contribution in [0.5, 0.6) is 0 Å². The maximum Gasteiger partial charge on any atom is 0.410 e. The molecule has 260 valence electrons. The number of carbonyl (C=O) groups excluding carboxylic acids is 2. The van der Waals surface area contributed by atoms with Gasteiger partial charge in [-0.1, -0.05) is 56.7 Å². The van der Waals surface area contributed by atoms with E-state index in [2.05, 4.69) is 15.5 Å². The molecular weight excluding hydrogens is 668 g/mol. The van der Waals surface area contributed by atoms with E-state index in [1.54, 1.807) is 42.7 Å². The third kappa shape index (κ3) is 6.80. The van der Waals surface area contributed by atoms with Crippen LogP contribution in [-0.4, -0.2) is 78.5 Å². The number of likely N-dealkylation sites (tertiary alicyclic amines) is 1. The van der Waals surface area contributed by atoms with Gasteiger partial charge < -0.3 is 10.1 Å². The van der Waals surface area contributed by atoms with E-state index >= 15 is 0 Å². The lowest BCUT2D eigenvalue weighted by molar-refractivity contribution is -0.136. The Balaban J connectivity index is 1.34. The van der Waals surface area contributed by atoms with Gasteiger partial charge in [-0.2, -0.15) is 19.0 Å². The lowest BCUT2D eigenvalue weighted by Gasteiger charge is -2.40. The fraction of sp³-hybridized carbons (Fsp3) is 0.424. The van der Waals surface area contributed by atoms with E-state index < -0.39 is 67.1 Å². The van der Waals surface area contributed by atoms with E-state index in [4.69, 9.17) is 21.7 Å². The summed E-state index contributed by atoms with van der Waals surface area (Å²) in [6.45, 7) is 1.14. The highest BCUT2D eigenvalue weighted by atomic mass is 35.5. The molecule has 0 spiro atoms. The first-order chi connectivity index (χ1) is 23.1.